The lowest BCUT2D eigenvalue weighted by Crippen LogP contribution is -2.35. The normalized spacial score (nSPS) is 20.5. The molecule has 1 unspecified atom stereocenters. The Bertz CT molecular complexity index is 345. The molecule has 102 valence electrons. The summed E-state index contributed by atoms with van der Waals surface area (Å²) in [4.78, 5) is 2.43. The first-order valence-electron chi connectivity index (χ1n) is 7.18. The Morgan fingerprint density at radius 1 is 1.44 bits per heavy atom. The van der Waals surface area contributed by atoms with Gasteiger partial charge in [-0.15, -0.1) is 0 Å². The summed E-state index contributed by atoms with van der Waals surface area (Å²) in [5.41, 5.74) is 1.16. The Morgan fingerprint density at radius 3 is 2.94 bits per heavy atom. The van der Waals surface area contributed by atoms with E-state index in [1.165, 1.54) is 19.3 Å². The van der Waals surface area contributed by atoms with Gasteiger partial charge in [-0.1, -0.05) is 6.92 Å². The van der Waals surface area contributed by atoms with E-state index >= 15 is 0 Å². The minimum absolute atomic E-state index is 0.423. The highest BCUT2D eigenvalue weighted by molar-refractivity contribution is 4.98. The fourth-order valence-corrected chi connectivity index (χ4v) is 2.44. The molecule has 0 spiro atoms. The average Bonchev–Trinajstić information content (AvgIpc) is 2.87. The van der Waals surface area contributed by atoms with Crippen LogP contribution in [0.25, 0.3) is 0 Å². The van der Waals surface area contributed by atoms with Gasteiger partial charge in [0, 0.05) is 32.4 Å². The van der Waals surface area contributed by atoms with Crippen molar-refractivity contribution in [3.05, 3.63) is 18.0 Å². The maximum atomic E-state index is 5.81. The molecule has 1 fully saturated rings. The van der Waals surface area contributed by atoms with E-state index in [9.17, 15) is 0 Å². The molecule has 4 nitrogen and oxygen atoms in total. The Balaban J connectivity index is 1.84. The van der Waals surface area contributed by atoms with Crippen LogP contribution in [0.3, 0.4) is 0 Å². The fourth-order valence-electron chi connectivity index (χ4n) is 2.44. The third kappa shape index (κ3) is 3.82. The van der Waals surface area contributed by atoms with Crippen molar-refractivity contribution in [1.29, 1.82) is 0 Å². The molecule has 0 amide bonds. The Hall–Kier alpha value is -0.870. The fraction of sp³-hybridized carbons (Fsp3) is 0.786. The standard InChI is InChI=1S/C14H25N3O/c1-3-16(12-14-7-5-6-10-18-14)11-13-8-9-17(4-2)15-13/h8-9,14H,3-7,10-12H2,1-2H3. The van der Waals surface area contributed by atoms with E-state index in [4.69, 9.17) is 4.74 Å². The average molecular weight is 251 g/mol. The van der Waals surface area contributed by atoms with E-state index < -0.39 is 0 Å². The van der Waals surface area contributed by atoms with Crippen LogP contribution in [0, 0.1) is 0 Å². The molecule has 0 aliphatic carbocycles. The summed E-state index contributed by atoms with van der Waals surface area (Å²) in [6, 6.07) is 2.12. The Morgan fingerprint density at radius 2 is 2.33 bits per heavy atom. The van der Waals surface area contributed by atoms with Crippen molar-refractivity contribution in [3.8, 4) is 0 Å². The molecule has 0 radical (unpaired) electrons. The molecule has 1 aliphatic heterocycles. The molecule has 1 aromatic heterocycles. The molecule has 0 saturated carbocycles. The van der Waals surface area contributed by atoms with E-state index in [-0.39, 0.29) is 0 Å². The number of likely N-dealkylation sites (N-methyl/N-ethyl adjacent to an activating group) is 1. The summed E-state index contributed by atoms with van der Waals surface area (Å²) < 4.78 is 7.79. The van der Waals surface area contributed by atoms with Crippen LogP contribution in [0.15, 0.2) is 12.3 Å². The lowest BCUT2D eigenvalue weighted by molar-refractivity contribution is -0.00644. The number of aromatic nitrogens is 2. The van der Waals surface area contributed by atoms with Gasteiger partial charge in [-0.2, -0.15) is 5.10 Å². The molecular weight excluding hydrogens is 226 g/mol. The SMILES string of the molecule is CCN(Cc1ccn(CC)n1)CC1CCCCO1. The van der Waals surface area contributed by atoms with Crippen molar-refractivity contribution in [2.45, 2.75) is 52.3 Å². The second-order valence-corrected chi connectivity index (χ2v) is 4.98. The third-order valence-corrected chi connectivity index (χ3v) is 3.59. The molecule has 1 atom stereocenters. The van der Waals surface area contributed by atoms with Crippen LogP contribution in [0.4, 0.5) is 0 Å². The van der Waals surface area contributed by atoms with Crippen molar-refractivity contribution in [2.24, 2.45) is 0 Å². The molecule has 1 saturated heterocycles. The van der Waals surface area contributed by atoms with Gasteiger partial charge in [-0.3, -0.25) is 9.58 Å². The lowest BCUT2D eigenvalue weighted by atomic mass is 10.1. The highest BCUT2D eigenvalue weighted by Crippen LogP contribution is 2.14. The minimum Gasteiger partial charge on any atom is -0.377 e. The first kappa shape index (κ1) is 13.6. The van der Waals surface area contributed by atoms with Crippen LogP contribution in [-0.4, -0.2) is 40.5 Å². The van der Waals surface area contributed by atoms with Gasteiger partial charge in [0.1, 0.15) is 0 Å². The molecule has 0 bridgehead atoms. The maximum Gasteiger partial charge on any atom is 0.0764 e. The van der Waals surface area contributed by atoms with Crippen molar-refractivity contribution in [2.75, 3.05) is 19.7 Å². The maximum absolute atomic E-state index is 5.81. The van der Waals surface area contributed by atoms with Crippen LogP contribution >= 0.6 is 0 Å². The predicted octanol–water partition coefficient (Wildman–Crippen LogP) is 2.29. The van der Waals surface area contributed by atoms with Gasteiger partial charge in [0.15, 0.2) is 0 Å². The largest absolute Gasteiger partial charge is 0.377 e. The van der Waals surface area contributed by atoms with Crippen LogP contribution in [0.5, 0.6) is 0 Å². The van der Waals surface area contributed by atoms with Gasteiger partial charge in [0.2, 0.25) is 0 Å². The van der Waals surface area contributed by atoms with Gasteiger partial charge >= 0.3 is 0 Å². The number of aryl methyl sites for hydroxylation is 1. The van der Waals surface area contributed by atoms with E-state index in [2.05, 4.69) is 36.1 Å². The number of hydrogen-bond acceptors (Lipinski definition) is 3. The van der Waals surface area contributed by atoms with Crippen molar-refractivity contribution in [3.63, 3.8) is 0 Å². The van der Waals surface area contributed by atoms with Crippen LogP contribution < -0.4 is 0 Å². The molecule has 1 aliphatic rings. The second-order valence-electron chi connectivity index (χ2n) is 4.98. The highest BCUT2D eigenvalue weighted by Gasteiger charge is 2.17. The third-order valence-electron chi connectivity index (χ3n) is 3.59. The van der Waals surface area contributed by atoms with Crippen molar-refractivity contribution >= 4 is 0 Å². The molecule has 2 rings (SSSR count). The van der Waals surface area contributed by atoms with Gasteiger partial charge in [0.25, 0.3) is 0 Å². The van der Waals surface area contributed by atoms with Crippen molar-refractivity contribution in [1.82, 2.24) is 14.7 Å². The zero-order chi connectivity index (χ0) is 12.8. The molecule has 4 heteroatoms. The van der Waals surface area contributed by atoms with Crippen molar-refractivity contribution < 1.29 is 4.74 Å². The van der Waals surface area contributed by atoms with Gasteiger partial charge in [-0.25, -0.2) is 0 Å². The zero-order valence-corrected chi connectivity index (χ0v) is 11.6. The highest BCUT2D eigenvalue weighted by atomic mass is 16.5. The Kier molecular flexibility index (Phi) is 5.20. The van der Waals surface area contributed by atoms with E-state index in [1.54, 1.807) is 0 Å². The number of nitrogens with zero attached hydrogens (tertiary/aromatic N) is 3. The van der Waals surface area contributed by atoms with Crippen LogP contribution in [0.2, 0.25) is 0 Å². The summed E-state index contributed by atoms with van der Waals surface area (Å²) in [5.74, 6) is 0. The number of rotatable bonds is 6. The van der Waals surface area contributed by atoms with E-state index in [1.807, 2.05) is 4.68 Å². The molecule has 0 N–H and O–H groups in total. The quantitative estimate of drug-likeness (QED) is 0.777. The first-order chi connectivity index (χ1) is 8.81. The topological polar surface area (TPSA) is 30.3 Å². The molecule has 0 aromatic carbocycles. The summed E-state index contributed by atoms with van der Waals surface area (Å²) in [6.07, 6.45) is 6.23. The minimum atomic E-state index is 0.423. The van der Waals surface area contributed by atoms with Gasteiger partial charge in [0.05, 0.1) is 11.8 Å². The van der Waals surface area contributed by atoms with Gasteiger partial charge < -0.3 is 4.74 Å². The second kappa shape index (κ2) is 6.90. The monoisotopic (exact) mass is 251 g/mol. The molecule has 18 heavy (non-hydrogen) atoms. The molecular formula is C14H25N3O. The Labute approximate surface area is 110 Å². The smallest absolute Gasteiger partial charge is 0.0764 e. The predicted molar refractivity (Wildman–Crippen MR) is 72.4 cm³/mol. The summed E-state index contributed by atoms with van der Waals surface area (Å²) in [5, 5.41) is 4.54. The van der Waals surface area contributed by atoms with Crippen LogP contribution in [-0.2, 0) is 17.8 Å². The lowest BCUT2D eigenvalue weighted by Gasteiger charge is -2.28. The summed E-state index contributed by atoms with van der Waals surface area (Å²) >= 11 is 0. The summed E-state index contributed by atoms with van der Waals surface area (Å²) in [7, 11) is 0. The molecule has 1 aromatic rings. The van der Waals surface area contributed by atoms with Crippen LogP contribution in [0.1, 0.15) is 38.8 Å². The van der Waals surface area contributed by atoms with Gasteiger partial charge in [-0.05, 0) is 38.8 Å². The zero-order valence-electron chi connectivity index (χ0n) is 11.6. The van der Waals surface area contributed by atoms with E-state index in [0.717, 1.165) is 38.5 Å². The number of ether oxygens (including phenoxy) is 1. The summed E-state index contributed by atoms with van der Waals surface area (Å²) in [6.45, 7) is 9.23. The first-order valence-corrected chi connectivity index (χ1v) is 7.18. The van der Waals surface area contributed by atoms with E-state index in [0.29, 0.717) is 6.10 Å². The molecule has 2 heterocycles. The number of hydrogen-bond donors (Lipinski definition) is 0.